The molecule has 3 rings (SSSR count). The van der Waals surface area contributed by atoms with E-state index in [1.807, 2.05) is 41.3 Å². The molecule has 1 heterocycles. The molecule has 0 aromatic heterocycles. The molecule has 2 unspecified atom stereocenters. The maximum absolute atomic E-state index is 12.6. The fourth-order valence-electron chi connectivity index (χ4n) is 3.19. The van der Waals surface area contributed by atoms with E-state index in [2.05, 4.69) is 30.4 Å². The van der Waals surface area contributed by atoms with Crippen LogP contribution in [0.5, 0.6) is 0 Å². The van der Waals surface area contributed by atoms with Gasteiger partial charge >= 0.3 is 6.03 Å². The lowest BCUT2D eigenvalue weighted by atomic mass is 9.91. The second-order valence-corrected chi connectivity index (χ2v) is 6.25. The van der Waals surface area contributed by atoms with Gasteiger partial charge in [0.2, 0.25) is 0 Å². The van der Waals surface area contributed by atoms with Gasteiger partial charge in [0, 0.05) is 25.8 Å². The molecular formula is C19H23N3O. The number of nitrogens with one attached hydrogen (secondary N) is 1. The van der Waals surface area contributed by atoms with Crippen molar-refractivity contribution in [1.82, 2.24) is 4.90 Å². The summed E-state index contributed by atoms with van der Waals surface area (Å²) in [6.45, 7) is 2.11. The van der Waals surface area contributed by atoms with Crippen molar-refractivity contribution in [1.29, 1.82) is 0 Å². The molecule has 0 saturated carbocycles. The molecule has 0 aliphatic carbocycles. The van der Waals surface area contributed by atoms with Crippen LogP contribution in [-0.2, 0) is 0 Å². The number of fused-ring (bicyclic) bond motifs is 1. The molecular weight excluding hydrogens is 286 g/mol. The molecule has 2 atom stereocenters. The third-order valence-corrected chi connectivity index (χ3v) is 4.29. The topological polar surface area (TPSA) is 35.6 Å². The smallest absolute Gasteiger partial charge is 0.324 e. The van der Waals surface area contributed by atoms with Gasteiger partial charge in [-0.2, -0.15) is 0 Å². The van der Waals surface area contributed by atoms with E-state index in [1.54, 1.807) is 19.0 Å². The SMILES string of the molecule is CC1CC(Nc2ccccc2)c2ccccc2N1C(=O)N(C)C. The van der Waals surface area contributed by atoms with Crippen molar-refractivity contribution >= 4 is 17.4 Å². The Hall–Kier alpha value is -2.49. The highest BCUT2D eigenvalue weighted by atomic mass is 16.2. The fourth-order valence-corrected chi connectivity index (χ4v) is 3.19. The van der Waals surface area contributed by atoms with Crippen LogP contribution < -0.4 is 10.2 Å². The molecule has 2 aromatic carbocycles. The van der Waals surface area contributed by atoms with Crippen LogP contribution >= 0.6 is 0 Å². The number of amides is 2. The monoisotopic (exact) mass is 309 g/mol. The number of anilines is 2. The van der Waals surface area contributed by atoms with Crippen molar-refractivity contribution in [2.24, 2.45) is 0 Å². The van der Waals surface area contributed by atoms with E-state index in [1.165, 1.54) is 5.56 Å². The number of benzene rings is 2. The number of hydrogen-bond donors (Lipinski definition) is 1. The minimum absolute atomic E-state index is 0.0307. The van der Waals surface area contributed by atoms with Crippen LogP contribution in [-0.4, -0.2) is 31.1 Å². The van der Waals surface area contributed by atoms with Crippen molar-refractivity contribution in [3.8, 4) is 0 Å². The maximum atomic E-state index is 12.6. The molecule has 1 aliphatic heterocycles. The van der Waals surface area contributed by atoms with Gasteiger partial charge in [-0.05, 0) is 37.1 Å². The predicted octanol–water partition coefficient (Wildman–Crippen LogP) is 4.12. The molecule has 2 aromatic rings. The van der Waals surface area contributed by atoms with Crippen LogP contribution in [0.1, 0.15) is 24.9 Å². The zero-order chi connectivity index (χ0) is 16.4. The van der Waals surface area contributed by atoms with E-state index in [-0.39, 0.29) is 18.1 Å². The van der Waals surface area contributed by atoms with Crippen LogP contribution in [0.25, 0.3) is 0 Å². The van der Waals surface area contributed by atoms with Crippen LogP contribution in [0.2, 0.25) is 0 Å². The summed E-state index contributed by atoms with van der Waals surface area (Å²) in [6.07, 6.45) is 0.880. The largest absolute Gasteiger partial charge is 0.378 e. The molecule has 120 valence electrons. The van der Waals surface area contributed by atoms with Crippen LogP contribution in [0.15, 0.2) is 54.6 Å². The van der Waals surface area contributed by atoms with E-state index >= 15 is 0 Å². The highest BCUT2D eigenvalue weighted by Gasteiger charge is 2.34. The molecule has 0 fully saturated rings. The van der Waals surface area contributed by atoms with Crippen LogP contribution in [0.4, 0.5) is 16.2 Å². The summed E-state index contributed by atoms with van der Waals surface area (Å²) in [5, 5.41) is 3.60. The Morgan fingerprint density at radius 1 is 1.09 bits per heavy atom. The summed E-state index contributed by atoms with van der Waals surface area (Å²) in [6, 6.07) is 18.8. The molecule has 0 spiro atoms. The van der Waals surface area contributed by atoms with Crippen LogP contribution in [0, 0.1) is 0 Å². The van der Waals surface area contributed by atoms with Gasteiger partial charge in [-0.15, -0.1) is 0 Å². The number of nitrogens with zero attached hydrogens (tertiary/aromatic N) is 2. The van der Waals surface area contributed by atoms with Crippen LogP contribution in [0.3, 0.4) is 0 Å². The van der Waals surface area contributed by atoms with E-state index in [4.69, 9.17) is 0 Å². The molecule has 2 amide bonds. The molecule has 0 radical (unpaired) electrons. The van der Waals surface area contributed by atoms with Crippen molar-refractivity contribution in [2.45, 2.75) is 25.4 Å². The van der Waals surface area contributed by atoms with Gasteiger partial charge in [0.25, 0.3) is 0 Å². The van der Waals surface area contributed by atoms with Gasteiger partial charge in [0.1, 0.15) is 0 Å². The average Bonchev–Trinajstić information content (AvgIpc) is 2.55. The van der Waals surface area contributed by atoms with Gasteiger partial charge < -0.3 is 10.2 Å². The van der Waals surface area contributed by atoms with Crippen molar-refractivity contribution in [3.05, 3.63) is 60.2 Å². The zero-order valence-electron chi connectivity index (χ0n) is 13.9. The second-order valence-electron chi connectivity index (χ2n) is 6.25. The Balaban J connectivity index is 1.95. The van der Waals surface area contributed by atoms with Crippen molar-refractivity contribution < 1.29 is 4.79 Å². The van der Waals surface area contributed by atoms with Gasteiger partial charge in [-0.3, -0.25) is 4.90 Å². The van der Waals surface area contributed by atoms with Crippen molar-refractivity contribution in [3.63, 3.8) is 0 Å². The Morgan fingerprint density at radius 3 is 2.43 bits per heavy atom. The zero-order valence-corrected chi connectivity index (χ0v) is 13.9. The number of urea groups is 1. The highest BCUT2D eigenvalue weighted by molar-refractivity contribution is 5.94. The summed E-state index contributed by atoms with van der Waals surface area (Å²) in [5.41, 5.74) is 3.27. The molecule has 23 heavy (non-hydrogen) atoms. The first-order valence-electron chi connectivity index (χ1n) is 7.99. The van der Waals surface area contributed by atoms with E-state index in [0.717, 1.165) is 17.8 Å². The molecule has 4 heteroatoms. The minimum Gasteiger partial charge on any atom is -0.378 e. The van der Waals surface area contributed by atoms with Gasteiger partial charge in [0.15, 0.2) is 0 Å². The number of carbonyl (C=O) groups is 1. The lowest BCUT2D eigenvalue weighted by molar-refractivity contribution is 0.220. The van der Waals surface area contributed by atoms with Gasteiger partial charge in [-0.25, -0.2) is 4.79 Å². The maximum Gasteiger partial charge on any atom is 0.324 e. The summed E-state index contributed by atoms with van der Waals surface area (Å²) < 4.78 is 0. The molecule has 4 nitrogen and oxygen atoms in total. The summed E-state index contributed by atoms with van der Waals surface area (Å²) >= 11 is 0. The van der Waals surface area contributed by atoms with Gasteiger partial charge in [0.05, 0.1) is 11.7 Å². The Bertz CT molecular complexity index is 684. The standard InChI is InChI=1S/C19H23N3O/c1-14-13-17(20-15-9-5-4-6-10-15)16-11-7-8-12-18(16)22(14)19(23)21(2)3/h4-12,14,17,20H,13H2,1-3H3. The lowest BCUT2D eigenvalue weighted by Crippen LogP contribution is -2.48. The molecule has 1 aliphatic rings. The molecule has 0 saturated heterocycles. The van der Waals surface area contributed by atoms with Crippen molar-refractivity contribution in [2.75, 3.05) is 24.3 Å². The quantitative estimate of drug-likeness (QED) is 0.905. The van der Waals surface area contributed by atoms with Gasteiger partial charge in [-0.1, -0.05) is 36.4 Å². The lowest BCUT2D eigenvalue weighted by Gasteiger charge is -2.40. The molecule has 0 bridgehead atoms. The van der Waals surface area contributed by atoms with E-state index < -0.39 is 0 Å². The third-order valence-electron chi connectivity index (χ3n) is 4.29. The second kappa shape index (κ2) is 6.32. The Kier molecular flexibility index (Phi) is 4.24. The minimum atomic E-state index is 0.0307. The van der Waals surface area contributed by atoms with E-state index in [0.29, 0.717) is 0 Å². The predicted molar refractivity (Wildman–Crippen MR) is 94.9 cm³/mol. The Labute approximate surface area is 137 Å². The number of rotatable bonds is 2. The first-order valence-corrected chi connectivity index (χ1v) is 7.99. The fraction of sp³-hybridized carbons (Fsp3) is 0.316. The highest BCUT2D eigenvalue weighted by Crippen LogP contribution is 2.39. The molecule has 1 N–H and O–H groups in total. The number of carbonyl (C=O) groups excluding carboxylic acids is 1. The first kappa shape index (κ1) is 15.4. The average molecular weight is 309 g/mol. The first-order chi connectivity index (χ1) is 11.1. The third kappa shape index (κ3) is 3.02. The number of hydrogen-bond acceptors (Lipinski definition) is 2. The normalized spacial score (nSPS) is 19.9. The Morgan fingerprint density at radius 2 is 1.74 bits per heavy atom. The van der Waals surface area contributed by atoms with E-state index in [9.17, 15) is 4.79 Å². The number of para-hydroxylation sites is 2. The summed E-state index contributed by atoms with van der Waals surface area (Å²) in [4.78, 5) is 16.1. The summed E-state index contributed by atoms with van der Waals surface area (Å²) in [7, 11) is 3.60. The summed E-state index contributed by atoms with van der Waals surface area (Å²) in [5.74, 6) is 0.